The molecule has 4 aromatic rings. The van der Waals surface area contributed by atoms with Crippen molar-refractivity contribution in [3.63, 3.8) is 0 Å². The lowest BCUT2D eigenvalue weighted by atomic mass is 9.49. The highest BCUT2D eigenvalue weighted by atomic mass is 19.4. The van der Waals surface area contributed by atoms with Gasteiger partial charge in [-0.05, 0) is 85.8 Å². The van der Waals surface area contributed by atoms with Crippen molar-refractivity contribution >= 4 is 39.9 Å². The number of nitriles is 1. The van der Waals surface area contributed by atoms with Crippen LogP contribution in [-0.2, 0) is 15.8 Å². The fraction of sp³-hybridized carbons (Fsp3) is 0.478. The average molecular weight is 853 g/mol. The molecule has 1 unspecified atom stereocenters. The molecule has 1 aliphatic carbocycles. The molecule has 3 aromatic carbocycles. The molecule has 2 N–H and O–H groups in total. The van der Waals surface area contributed by atoms with Crippen molar-refractivity contribution in [3.8, 4) is 11.8 Å². The third-order valence-corrected chi connectivity index (χ3v) is 13.4. The van der Waals surface area contributed by atoms with Gasteiger partial charge < -0.3 is 19.9 Å². The number of hydrogen-bond acceptors (Lipinski definition) is 10. The first-order valence-corrected chi connectivity index (χ1v) is 21.2. The van der Waals surface area contributed by atoms with Gasteiger partial charge >= 0.3 is 6.18 Å². The molecule has 0 radical (unpaired) electrons. The highest BCUT2D eigenvalue weighted by Crippen LogP contribution is 2.56. The minimum atomic E-state index is -4.69. The number of rotatable bonds is 9. The molecule has 4 heterocycles. The van der Waals surface area contributed by atoms with Gasteiger partial charge in [-0.15, -0.1) is 0 Å². The number of hydrogen-bond donors (Lipinski definition) is 2. The number of carbonyl (C=O) groups is 3. The van der Waals surface area contributed by atoms with Crippen molar-refractivity contribution < 1.29 is 32.3 Å². The van der Waals surface area contributed by atoms with Crippen molar-refractivity contribution in [2.24, 2.45) is 16.7 Å². The number of alkyl halides is 3. The number of fused-ring (bicyclic) bond motifs is 1. The van der Waals surface area contributed by atoms with Crippen LogP contribution in [-0.4, -0.2) is 90.4 Å². The maximum atomic E-state index is 13.6. The number of aromatic nitrogens is 2. The van der Waals surface area contributed by atoms with Gasteiger partial charge in [0.05, 0.1) is 28.8 Å². The lowest BCUT2D eigenvalue weighted by Crippen LogP contribution is -2.74. The Balaban J connectivity index is 0.797. The van der Waals surface area contributed by atoms with E-state index in [0.717, 1.165) is 82.2 Å². The number of carbonyl (C=O) groups excluding carboxylic acids is 3. The van der Waals surface area contributed by atoms with Crippen LogP contribution in [0.5, 0.6) is 5.75 Å². The Bertz CT molecular complexity index is 2470. The molecule has 16 heteroatoms. The molecule has 1 saturated carbocycles. The van der Waals surface area contributed by atoms with Gasteiger partial charge in [-0.25, -0.2) is 4.68 Å². The molecular weight excluding hydrogens is 802 g/mol. The van der Waals surface area contributed by atoms with Gasteiger partial charge in [0.2, 0.25) is 5.91 Å². The van der Waals surface area contributed by atoms with Crippen LogP contribution in [0.3, 0.4) is 0 Å². The number of anilines is 2. The van der Waals surface area contributed by atoms with Crippen LogP contribution in [0.1, 0.15) is 80.9 Å². The van der Waals surface area contributed by atoms with Gasteiger partial charge in [-0.2, -0.15) is 23.5 Å². The first kappa shape index (κ1) is 42.7. The smallest absolute Gasteiger partial charge is 0.417 e. The zero-order valence-corrected chi connectivity index (χ0v) is 35.3. The lowest BCUT2D eigenvalue weighted by Gasteiger charge is -2.63. The topological polar surface area (TPSA) is 153 Å². The summed E-state index contributed by atoms with van der Waals surface area (Å²) in [5.74, 6) is -0.474. The minimum absolute atomic E-state index is 0.0230. The van der Waals surface area contributed by atoms with Crippen LogP contribution in [0.15, 0.2) is 71.7 Å². The maximum absolute atomic E-state index is 13.6. The zero-order valence-electron chi connectivity index (χ0n) is 35.3. The third kappa shape index (κ3) is 8.22. The van der Waals surface area contributed by atoms with Crippen LogP contribution < -0.4 is 30.7 Å². The van der Waals surface area contributed by atoms with E-state index < -0.39 is 46.2 Å². The molecule has 326 valence electrons. The molecule has 3 amide bonds. The molecule has 0 bridgehead atoms. The number of piperazine rings is 1. The first-order chi connectivity index (χ1) is 29.4. The third-order valence-electron chi connectivity index (χ3n) is 13.4. The van der Waals surface area contributed by atoms with E-state index in [1.165, 1.54) is 10.7 Å². The second-order valence-electron chi connectivity index (χ2n) is 18.3. The van der Waals surface area contributed by atoms with Crippen molar-refractivity contribution in [2.45, 2.75) is 77.7 Å². The zero-order chi connectivity index (χ0) is 44.1. The summed E-state index contributed by atoms with van der Waals surface area (Å²) in [7, 11) is 0. The fourth-order valence-corrected chi connectivity index (χ4v) is 10.3. The monoisotopic (exact) mass is 852 g/mol. The molecule has 13 nitrogen and oxygen atoms in total. The maximum Gasteiger partial charge on any atom is 0.417 e. The lowest BCUT2D eigenvalue weighted by molar-refractivity contribution is -0.164. The summed E-state index contributed by atoms with van der Waals surface area (Å²) in [6, 6.07) is 17.2. The number of nitrogens with one attached hydrogen (secondary N) is 2. The minimum Gasteiger partial charge on any atom is -0.489 e. The number of piperidine rings is 2. The summed E-state index contributed by atoms with van der Waals surface area (Å²) < 4.78 is 48.1. The SMILES string of the molecule is CC1(C)[C@H](NC(=O)c2ccc(N3CCC(CN4CCN(c5ccc6c(=O)n(C7CCC(=O)NC7=O)ncc6c5)CC4)CC3)cc2)C(C)(C)[C@H]1Oc1ccc(C#N)c(C(F)(F)F)c1. The van der Waals surface area contributed by atoms with Crippen LogP contribution in [0.25, 0.3) is 10.8 Å². The van der Waals surface area contributed by atoms with E-state index >= 15 is 0 Å². The standard InChI is InChI=1S/C46H51F3N8O5/c1-44(2)42(45(3,4)43(44)62-34-11-7-30(25-50)36(24-34)46(47,48)49)53-39(59)29-5-8-32(9-6-29)55-17-15-28(16-18-55)27-54-19-21-56(22-20-54)33-10-12-35-31(23-33)26-51-57(41(35)61)37-13-14-38(58)52-40(37)60/h5-12,23-24,26,28,37,42-43H,13-22,27H2,1-4H3,(H,53,59)(H,52,58,60)/t37?,42-,43-. The molecule has 0 spiro atoms. The molecule has 8 rings (SSSR count). The van der Waals surface area contributed by atoms with E-state index in [-0.39, 0.29) is 42.0 Å². The summed E-state index contributed by atoms with van der Waals surface area (Å²) in [4.78, 5) is 57.9. The molecule has 3 saturated heterocycles. The van der Waals surface area contributed by atoms with E-state index in [2.05, 4.69) is 30.4 Å². The van der Waals surface area contributed by atoms with E-state index in [9.17, 15) is 32.3 Å². The molecular formula is C46H51F3N8O5. The quantitative estimate of drug-likeness (QED) is 0.194. The second kappa shape index (κ2) is 16.4. The predicted molar refractivity (Wildman–Crippen MR) is 227 cm³/mol. The Morgan fingerprint density at radius 1 is 0.887 bits per heavy atom. The Morgan fingerprint density at radius 2 is 1.55 bits per heavy atom. The van der Waals surface area contributed by atoms with Gasteiger partial charge in [0, 0.05) is 91.4 Å². The van der Waals surface area contributed by atoms with Gasteiger partial charge in [0.25, 0.3) is 17.4 Å². The summed E-state index contributed by atoms with van der Waals surface area (Å²) in [5, 5.41) is 20.1. The Kier molecular flexibility index (Phi) is 11.3. The van der Waals surface area contributed by atoms with Crippen molar-refractivity contribution in [2.75, 3.05) is 55.6 Å². The summed E-state index contributed by atoms with van der Waals surface area (Å²) in [6.07, 6.45) is -1.04. The van der Waals surface area contributed by atoms with Crippen molar-refractivity contribution in [1.29, 1.82) is 5.26 Å². The molecule has 4 aliphatic rings. The number of nitrogens with zero attached hydrogens (tertiary/aromatic N) is 6. The van der Waals surface area contributed by atoms with Gasteiger partial charge in [0.15, 0.2) is 0 Å². The number of imide groups is 1. The van der Waals surface area contributed by atoms with Crippen molar-refractivity contribution in [1.82, 2.24) is 25.3 Å². The fourth-order valence-electron chi connectivity index (χ4n) is 10.3. The average Bonchev–Trinajstić information content (AvgIpc) is 3.25. The molecule has 3 aliphatic heterocycles. The van der Waals surface area contributed by atoms with Crippen LogP contribution in [0, 0.1) is 28.1 Å². The summed E-state index contributed by atoms with van der Waals surface area (Å²) >= 11 is 0. The highest BCUT2D eigenvalue weighted by molar-refractivity contribution is 5.99. The van der Waals surface area contributed by atoms with Crippen LogP contribution in [0.4, 0.5) is 24.5 Å². The molecule has 4 fully saturated rings. The van der Waals surface area contributed by atoms with E-state index in [1.807, 2.05) is 64.1 Å². The highest BCUT2D eigenvalue weighted by Gasteiger charge is 2.64. The Labute approximate surface area is 357 Å². The first-order valence-electron chi connectivity index (χ1n) is 21.2. The van der Waals surface area contributed by atoms with Crippen LogP contribution in [0.2, 0.25) is 0 Å². The Hall–Kier alpha value is -5.95. The molecule has 62 heavy (non-hydrogen) atoms. The molecule has 1 aromatic heterocycles. The summed E-state index contributed by atoms with van der Waals surface area (Å²) in [6.45, 7) is 14.2. The Morgan fingerprint density at radius 3 is 2.19 bits per heavy atom. The van der Waals surface area contributed by atoms with Gasteiger partial charge in [-0.3, -0.25) is 29.4 Å². The van der Waals surface area contributed by atoms with E-state index in [4.69, 9.17) is 10.00 Å². The van der Waals surface area contributed by atoms with Gasteiger partial charge in [0.1, 0.15) is 17.9 Å². The largest absolute Gasteiger partial charge is 0.489 e. The van der Waals surface area contributed by atoms with E-state index in [1.54, 1.807) is 18.3 Å². The predicted octanol–water partition coefficient (Wildman–Crippen LogP) is 5.92. The van der Waals surface area contributed by atoms with E-state index in [0.29, 0.717) is 22.3 Å². The number of amides is 3. The molecule has 1 atom stereocenters. The number of ether oxygens (including phenoxy) is 1. The number of halogens is 3. The van der Waals surface area contributed by atoms with Crippen LogP contribution >= 0.6 is 0 Å². The normalized spacial score (nSPS) is 23.0. The number of benzene rings is 3. The second-order valence-corrected chi connectivity index (χ2v) is 18.3. The summed E-state index contributed by atoms with van der Waals surface area (Å²) in [5.41, 5.74) is -0.442. The van der Waals surface area contributed by atoms with Gasteiger partial charge in [-0.1, -0.05) is 27.7 Å². The van der Waals surface area contributed by atoms with Crippen molar-refractivity contribution in [3.05, 3.63) is 93.9 Å².